The normalized spacial score (nSPS) is 20.8. The van der Waals surface area contributed by atoms with Gasteiger partial charge >= 0.3 is 6.09 Å². The van der Waals surface area contributed by atoms with Gasteiger partial charge < -0.3 is 14.7 Å². The molecular formula is C18H26N2O4. The average Bonchev–Trinajstić information content (AvgIpc) is 2.88. The molecule has 2 rings (SSSR count). The van der Waals surface area contributed by atoms with Crippen molar-refractivity contribution < 1.29 is 19.4 Å². The largest absolute Gasteiger partial charge is 0.444 e. The van der Waals surface area contributed by atoms with Gasteiger partial charge in [-0.25, -0.2) is 4.79 Å². The fourth-order valence-electron chi connectivity index (χ4n) is 2.76. The standard InChI is InChI=1S/C18H26N2O4/c1-18(2,3)24-17(23)20-12-14(21)10-15(20)16(22)19(4)11-13-8-6-5-7-9-13/h5-9,14-15,21H,10-12H2,1-4H3/t14-,15+/m1/s1. The number of amides is 2. The number of likely N-dealkylation sites (N-methyl/N-ethyl adjacent to an activating group) is 1. The van der Waals surface area contributed by atoms with E-state index in [1.54, 1.807) is 32.7 Å². The molecular weight excluding hydrogens is 308 g/mol. The number of rotatable bonds is 3. The van der Waals surface area contributed by atoms with Gasteiger partial charge in [0, 0.05) is 20.0 Å². The van der Waals surface area contributed by atoms with Crippen molar-refractivity contribution in [1.82, 2.24) is 9.80 Å². The first kappa shape index (κ1) is 18.3. The SMILES string of the molecule is CN(Cc1ccccc1)C(=O)[C@@H]1C[C@@H](O)CN1C(=O)OC(C)(C)C. The van der Waals surface area contributed by atoms with Gasteiger partial charge in [0.1, 0.15) is 11.6 Å². The van der Waals surface area contributed by atoms with Crippen LogP contribution in [-0.4, -0.2) is 58.2 Å². The molecule has 1 heterocycles. The third-order valence-electron chi connectivity index (χ3n) is 3.83. The van der Waals surface area contributed by atoms with Gasteiger partial charge in [0.25, 0.3) is 0 Å². The van der Waals surface area contributed by atoms with Crippen molar-refractivity contribution in [2.24, 2.45) is 0 Å². The van der Waals surface area contributed by atoms with Crippen LogP contribution >= 0.6 is 0 Å². The number of β-amino-alcohol motifs (C(OH)–C–C–N with tert-alkyl or cyclic N) is 1. The summed E-state index contributed by atoms with van der Waals surface area (Å²) < 4.78 is 5.35. The Morgan fingerprint density at radius 3 is 2.50 bits per heavy atom. The number of aliphatic hydroxyl groups is 1. The molecule has 0 aliphatic carbocycles. The Kier molecular flexibility index (Phi) is 5.49. The Morgan fingerprint density at radius 2 is 1.92 bits per heavy atom. The Labute approximate surface area is 143 Å². The maximum atomic E-state index is 12.7. The molecule has 2 atom stereocenters. The maximum absolute atomic E-state index is 12.7. The third-order valence-corrected chi connectivity index (χ3v) is 3.83. The van der Waals surface area contributed by atoms with Gasteiger partial charge in [-0.15, -0.1) is 0 Å². The van der Waals surface area contributed by atoms with E-state index < -0.39 is 23.8 Å². The van der Waals surface area contributed by atoms with Crippen molar-refractivity contribution in [3.8, 4) is 0 Å². The number of hydrogen-bond donors (Lipinski definition) is 1. The summed E-state index contributed by atoms with van der Waals surface area (Å²) in [6, 6.07) is 8.95. The van der Waals surface area contributed by atoms with E-state index >= 15 is 0 Å². The van der Waals surface area contributed by atoms with Crippen molar-refractivity contribution in [3.05, 3.63) is 35.9 Å². The van der Waals surface area contributed by atoms with E-state index in [2.05, 4.69) is 0 Å². The number of carbonyl (C=O) groups excluding carboxylic acids is 2. The van der Waals surface area contributed by atoms with E-state index in [1.807, 2.05) is 30.3 Å². The highest BCUT2D eigenvalue weighted by Crippen LogP contribution is 2.23. The lowest BCUT2D eigenvalue weighted by Gasteiger charge is -2.30. The molecule has 0 bridgehead atoms. The van der Waals surface area contributed by atoms with Crippen LogP contribution in [0.25, 0.3) is 0 Å². The van der Waals surface area contributed by atoms with Crippen molar-refractivity contribution in [2.45, 2.75) is 51.5 Å². The summed E-state index contributed by atoms with van der Waals surface area (Å²) >= 11 is 0. The van der Waals surface area contributed by atoms with Crippen LogP contribution in [0.4, 0.5) is 4.79 Å². The monoisotopic (exact) mass is 334 g/mol. The quantitative estimate of drug-likeness (QED) is 0.918. The van der Waals surface area contributed by atoms with E-state index in [0.717, 1.165) is 5.56 Å². The van der Waals surface area contributed by atoms with Gasteiger partial charge in [-0.1, -0.05) is 30.3 Å². The maximum Gasteiger partial charge on any atom is 0.411 e. The molecule has 1 aliphatic heterocycles. The molecule has 2 amide bonds. The third kappa shape index (κ3) is 4.71. The van der Waals surface area contributed by atoms with E-state index in [0.29, 0.717) is 6.54 Å². The molecule has 1 saturated heterocycles. The number of benzene rings is 1. The predicted octanol–water partition coefficient (Wildman–Crippen LogP) is 2.02. The zero-order chi connectivity index (χ0) is 17.9. The number of likely N-dealkylation sites (tertiary alicyclic amines) is 1. The van der Waals surface area contributed by atoms with E-state index in [-0.39, 0.29) is 18.9 Å². The lowest BCUT2D eigenvalue weighted by Crippen LogP contribution is -2.47. The van der Waals surface area contributed by atoms with Crippen molar-refractivity contribution >= 4 is 12.0 Å². The molecule has 1 aromatic rings. The molecule has 0 aromatic heterocycles. The van der Waals surface area contributed by atoms with Crippen LogP contribution in [0.1, 0.15) is 32.8 Å². The van der Waals surface area contributed by atoms with Gasteiger partial charge in [-0.05, 0) is 26.3 Å². The molecule has 1 fully saturated rings. The Balaban J connectivity index is 2.06. The minimum absolute atomic E-state index is 0.116. The zero-order valence-electron chi connectivity index (χ0n) is 14.7. The molecule has 1 N–H and O–H groups in total. The van der Waals surface area contributed by atoms with Crippen LogP contribution in [0.5, 0.6) is 0 Å². The first-order chi connectivity index (χ1) is 11.2. The molecule has 0 radical (unpaired) electrons. The van der Waals surface area contributed by atoms with Gasteiger partial charge in [0.2, 0.25) is 5.91 Å². The summed E-state index contributed by atoms with van der Waals surface area (Å²) in [7, 11) is 1.70. The number of ether oxygens (including phenoxy) is 1. The first-order valence-corrected chi connectivity index (χ1v) is 8.14. The molecule has 1 aromatic carbocycles. The molecule has 1 aliphatic rings. The summed E-state index contributed by atoms with van der Waals surface area (Å²) in [6.45, 7) is 5.89. The number of aliphatic hydroxyl groups excluding tert-OH is 1. The molecule has 6 nitrogen and oxygen atoms in total. The van der Waals surface area contributed by atoms with Crippen molar-refractivity contribution in [2.75, 3.05) is 13.6 Å². The summed E-state index contributed by atoms with van der Waals surface area (Å²) in [4.78, 5) is 28.0. The molecule has 6 heteroatoms. The van der Waals surface area contributed by atoms with Gasteiger partial charge in [0.15, 0.2) is 0 Å². The summed E-state index contributed by atoms with van der Waals surface area (Å²) in [6.07, 6.45) is -1.04. The topological polar surface area (TPSA) is 70.1 Å². The van der Waals surface area contributed by atoms with E-state index in [1.165, 1.54) is 4.90 Å². The highest BCUT2D eigenvalue weighted by Gasteiger charge is 2.41. The van der Waals surface area contributed by atoms with Crippen LogP contribution < -0.4 is 0 Å². The van der Waals surface area contributed by atoms with Crippen LogP contribution in [0.15, 0.2) is 30.3 Å². The van der Waals surface area contributed by atoms with E-state index in [4.69, 9.17) is 4.74 Å². The summed E-state index contributed by atoms with van der Waals surface area (Å²) in [5, 5.41) is 9.92. The van der Waals surface area contributed by atoms with Crippen LogP contribution in [0.2, 0.25) is 0 Å². The molecule has 132 valence electrons. The lowest BCUT2D eigenvalue weighted by molar-refractivity contribution is -0.135. The van der Waals surface area contributed by atoms with Crippen LogP contribution in [-0.2, 0) is 16.1 Å². The predicted molar refractivity (Wildman–Crippen MR) is 90.3 cm³/mol. The van der Waals surface area contributed by atoms with E-state index in [9.17, 15) is 14.7 Å². The van der Waals surface area contributed by atoms with Gasteiger partial charge in [-0.3, -0.25) is 9.69 Å². The minimum Gasteiger partial charge on any atom is -0.444 e. The summed E-state index contributed by atoms with van der Waals surface area (Å²) in [5.41, 5.74) is 0.365. The average molecular weight is 334 g/mol. The van der Waals surface area contributed by atoms with Gasteiger partial charge in [-0.2, -0.15) is 0 Å². The second-order valence-corrected chi connectivity index (χ2v) is 7.22. The number of nitrogens with zero attached hydrogens (tertiary/aromatic N) is 2. The van der Waals surface area contributed by atoms with Crippen LogP contribution in [0, 0.1) is 0 Å². The lowest BCUT2D eigenvalue weighted by atomic mass is 10.1. The van der Waals surface area contributed by atoms with Crippen molar-refractivity contribution in [3.63, 3.8) is 0 Å². The fraction of sp³-hybridized carbons (Fsp3) is 0.556. The number of carbonyl (C=O) groups is 2. The Bertz CT molecular complexity index is 582. The second kappa shape index (κ2) is 7.21. The highest BCUT2D eigenvalue weighted by atomic mass is 16.6. The van der Waals surface area contributed by atoms with Gasteiger partial charge in [0.05, 0.1) is 12.6 Å². The Hall–Kier alpha value is -2.08. The molecule has 0 saturated carbocycles. The Morgan fingerprint density at radius 1 is 1.29 bits per heavy atom. The molecule has 24 heavy (non-hydrogen) atoms. The smallest absolute Gasteiger partial charge is 0.411 e. The number of hydrogen-bond acceptors (Lipinski definition) is 4. The first-order valence-electron chi connectivity index (χ1n) is 8.14. The van der Waals surface area contributed by atoms with Crippen molar-refractivity contribution in [1.29, 1.82) is 0 Å². The highest BCUT2D eigenvalue weighted by molar-refractivity contribution is 5.86. The zero-order valence-corrected chi connectivity index (χ0v) is 14.7. The summed E-state index contributed by atoms with van der Waals surface area (Å²) in [5.74, 6) is -0.193. The fourth-order valence-corrected chi connectivity index (χ4v) is 2.76. The molecule has 0 unspecified atom stereocenters. The molecule has 0 spiro atoms. The van der Waals surface area contributed by atoms with Crippen LogP contribution in [0.3, 0.4) is 0 Å². The minimum atomic E-state index is -0.711. The second-order valence-electron chi connectivity index (χ2n) is 7.22.